The van der Waals surface area contributed by atoms with E-state index in [1.165, 1.54) is 167 Å². The summed E-state index contributed by atoms with van der Waals surface area (Å²) in [4.78, 5) is 25.6. The Kier molecular flexibility index (Phi) is 42.0. The van der Waals surface area contributed by atoms with E-state index in [1.807, 2.05) is 0 Å². The molecule has 0 bridgehead atoms. The Morgan fingerprint density at radius 2 is 0.851 bits per heavy atom. The third-order valence-electron chi connectivity index (χ3n) is 13.1. The van der Waals surface area contributed by atoms with Crippen molar-refractivity contribution in [2.45, 2.75) is 301 Å². The maximum Gasteiger partial charge on any atom is 0.306 e. The van der Waals surface area contributed by atoms with E-state index in [0.717, 1.165) is 57.8 Å². The first-order valence-corrected chi connectivity index (χ1v) is 29.4. The quantitative estimate of drug-likeness (QED) is 0.0196. The minimum absolute atomic E-state index is 0.159. The summed E-state index contributed by atoms with van der Waals surface area (Å²) in [6.45, 7) is 3.80. The summed E-state index contributed by atoms with van der Waals surface area (Å²) in [6, 6.07) is 0. The maximum absolute atomic E-state index is 12.9. The molecule has 0 aliphatic carbocycles. The minimum Gasteiger partial charge on any atom is -0.462 e. The molecule has 0 aromatic rings. The van der Waals surface area contributed by atoms with Crippen LogP contribution in [0.15, 0.2) is 12.2 Å². The van der Waals surface area contributed by atoms with Crippen molar-refractivity contribution in [3.05, 3.63) is 12.2 Å². The first-order chi connectivity index (χ1) is 32.5. The van der Waals surface area contributed by atoms with Crippen LogP contribution in [0.25, 0.3) is 0 Å². The standard InChI is InChI=1S/C54H102O12S/c1-3-5-7-9-11-13-15-17-19-21-22-23-24-25-26-27-29-30-32-34-36-38-40-42-49(55)63-44-47(45-64-54-53(59)52(58)51(57)48(66-54)46-67(60,61)62)65-50(56)43-41-39-37-35-33-31-28-20-18-16-14-12-10-8-6-4-2/h20,28,47-48,51-54,57-59H,3-19,21-27,29-46H2,1-2H3,(H,60,61,62)/b28-20-. The van der Waals surface area contributed by atoms with Crippen LogP contribution in [0.5, 0.6) is 0 Å². The van der Waals surface area contributed by atoms with Crippen LogP contribution < -0.4 is 0 Å². The number of carbonyl (C=O) groups is 2. The Balaban J connectivity index is 2.30. The van der Waals surface area contributed by atoms with Gasteiger partial charge in [-0.3, -0.25) is 14.1 Å². The first-order valence-electron chi connectivity index (χ1n) is 27.7. The minimum atomic E-state index is -4.60. The normalized spacial score (nSPS) is 19.3. The number of hydrogen-bond donors (Lipinski definition) is 4. The fraction of sp³-hybridized carbons (Fsp3) is 0.926. The molecule has 6 unspecified atom stereocenters. The van der Waals surface area contributed by atoms with Gasteiger partial charge in [-0.05, 0) is 38.5 Å². The zero-order valence-corrected chi connectivity index (χ0v) is 43.6. The number of aliphatic hydroxyl groups excluding tert-OH is 3. The van der Waals surface area contributed by atoms with Crippen LogP contribution in [0.1, 0.15) is 264 Å². The van der Waals surface area contributed by atoms with Crippen LogP contribution in [0.2, 0.25) is 0 Å². The second-order valence-corrected chi connectivity index (χ2v) is 21.1. The van der Waals surface area contributed by atoms with Gasteiger partial charge in [-0.15, -0.1) is 0 Å². The topological polar surface area (TPSA) is 186 Å². The van der Waals surface area contributed by atoms with Gasteiger partial charge in [0.1, 0.15) is 36.8 Å². The second-order valence-electron chi connectivity index (χ2n) is 19.6. The highest BCUT2D eigenvalue weighted by molar-refractivity contribution is 7.85. The highest BCUT2D eigenvalue weighted by atomic mass is 32.2. The van der Waals surface area contributed by atoms with Crippen molar-refractivity contribution < 1.29 is 56.8 Å². The van der Waals surface area contributed by atoms with E-state index in [4.69, 9.17) is 18.9 Å². The van der Waals surface area contributed by atoms with Crippen molar-refractivity contribution in [1.29, 1.82) is 0 Å². The van der Waals surface area contributed by atoms with Crippen molar-refractivity contribution in [3.63, 3.8) is 0 Å². The van der Waals surface area contributed by atoms with E-state index in [2.05, 4.69) is 26.0 Å². The fourth-order valence-corrected chi connectivity index (χ4v) is 9.48. The summed E-state index contributed by atoms with van der Waals surface area (Å²) >= 11 is 0. The van der Waals surface area contributed by atoms with Gasteiger partial charge >= 0.3 is 11.9 Å². The van der Waals surface area contributed by atoms with Crippen LogP contribution in [-0.2, 0) is 38.7 Å². The van der Waals surface area contributed by atoms with Gasteiger partial charge in [-0.2, -0.15) is 8.42 Å². The largest absolute Gasteiger partial charge is 0.462 e. The average molecular weight is 975 g/mol. The van der Waals surface area contributed by atoms with Gasteiger partial charge in [0, 0.05) is 12.8 Å². The van der Waals surface area contributed by atoms with Crippen LogP contribution in [0.3, 0.4) is 0 Å². The monoisotopic (exact) mass is 975 g/mol. The summed E-state index contributed by atoms with van der Waals surface area (Å²) < 4.78 is 54.3. The summed E-state index contributed by atoms with van der Waals surface area (Å²) in [7, 11) is -4.60. The van der Waals surface area contributed by atoms with Gasteiger partial charge in [-0.25, -0.2) is 0 Å². The van der Waals surface area contributed by atoms with E-state index in [1.54, 1.807) is 0 Å². The van der Waals surface area contributed by atoms with Gasteiger partial charge in [-0.1, -0.05) is 225 Å². The number of rotatable bonds is 48. The van der Waals surface area contributed by atoms with Crippen molar-refractivity contribution in [1.82, 2.24) is 0 Å². The molecule has 0 aromatic heterocycles. The third kappa shape index (κ3) is 38.8. The summed E-state index contributed by atoms with van der Waals surface area (Å²) in [6.07, 6.45) is 41.2. The number of ether oxygens (including phenoxy) is 4. The zero-order valence-electron chi connectivity index (χ0n) is 42.8. The molecule has 1 heterocycles. The van der Waals surface area contributed by atoms with Gasteiger partial charge < -0.3 is 34.3 Å². The smallest absolute Gasteiger partial charge is 0.306 e. The predicted octanol–water partition coefficient (Wildman–Crippen LogP) is 13.0. The molecule has 0 spiro atoms. The average Bonchev–Trinajstić information content (AvgIpc) is 3.30. The Hall–Kier alpha value is -1.61. The summed E-state index contributed by atoms with van der Waals surface area (Å²) in [5, 5.41) is 31.0. The number of allylic oxidation sites excluding steroid dienone is 2. The lowest BCUT2D eigenvalue weighted by Gasteiger charge is -2.40. The molecule has 1 aliphatic rings. The molecule has 1 rings (SSSR count). The molecule has 6 atom stereocenters. The Labute approximate surface area is 409 Å². The zero-order chi connectivity index (χ0) is 49.1. The van der Waals surface area contributed by atoms with Crippen LogP contribution in [-0.4, -0.2) is 96.0 Å². The van der Waals surface area contributed by atoms with Crippen LogP contribution in [0.4, 0.5) is 0 Å². The highest BCUT2D eigenvalue weighted by Gasteiger charge is 2.46. The molecule has 67 heavy (non-hydrogen) atoms. The second kappa shape index (κ2) is 44.3. The highest BCUT2D eigenvalue weighted by Crippen LogP contribution is 2.24. The molecule has 0 radical (unpaired) electrons. The van der Waals surface area contributed by atoms with Crippen LogP contribution >= 0.6 is 0 Å². The molecular weight excluding hydrogens is 873 g/mol. The molecule has 1 saturated heterocycles. The Bertz CT molecular complexity index is 1280. The molecule has 1 fully saturated rings. The molecular formula is C54H102O12S. The predicted molar refractivity (Wildman–Crippen MR) is 270 cm³/mol. The van der Waals surface area contributed by atoms with Gasteiger partial charge in [0.25, 0.3) is 10.1 Å². The third-order valence-corrected chi connectivity index (χ3v) is 13.8. The Morgan fingerprint density at radius 1 is 0.493 bits per heavy atom. The summed E-state index contributed by atoms with van der Waals surface area (Å²) in [5.74, 6) is -1.97. The lowest BCUT2D eigenvalue weighted by molar-refractivity contribution is -0.297. The molecule has 0 amide bonds. The fourth-order valence-electron chi connectivity index (χ4n) is 8.79. The van der Waals surface area contributed by atoms with Gasteiger partial charge in [0.05, 0.1) is 6.61 Å². The summed E-state index contributed by atoms with van der Waals surface area (Å²) in [5.41, 5.74) is 0. The SMILES string of the molecule is CCCCCCCCC/C=C\CCCCCCCC(=O)OC(COC(=O)CCCCCCCCCCCCCCCCCCCCCCCCC)COC1OC(CS(=O)(=O)O)C(O)C(O)C1O. The number of aliphatic hydroxyl groups is 3. The maximum atomic E-state index is 12.9. The van der Waals surface area contributed by atoms with Crippen molar-refractivity contribution in [3.8, 4) is 0 Å². The molecule has 4 N–H and O–H groups in total. The van der Waals surface area contributed by atoms with E-state index < -0.39 is 71.2 Å². The number of unbranched alkanes of at least 4 members (excludes halogenated alkanes) is 34. The molecule has 0 saturated carbocycles. The number of hydrogen-bond acceptors (Lipinski definition) is 11. The molecule has 0 aromatic carbocycles. The van der Waals surface area contributed by atoms with Crippen molar-refractivity contribution >= 4 is 22.1 Å². The molecule has 396 valence electrons. The van der Waals surface area contributed by atoms with E-state index in [0.29, 0.717) is 12.8 Å². The van der Waals surface area contributed by atoms with Crippen molar-refractivity contribution in [2.75, 3.05) is 19.0 Å². The van der Waals surface area contributed by atoms with E-state index in [-0.39, 0.29) is 19.4 Å². The van der Waals surface area contributed by atoms with Crippen LogP contribution in [0, 0.1) is 0 Å². The van der Waals surface area contributed by atoms with Gasteiger partial charge in [0.15, 0.2) is 12.4 Å². The van der Waals surface area contributed by atoms with E-state index in [9.17, 15) is 37.9 Å². The van der Waals surface area contributed by atoms with Crippen molar-refractivity contribution in [2.24, 2.45) is 0 Å². The molecule has 1 aliphatic heterocycles. The first kappa shape index (κ1) is 63.4. The van der Waals surface area contributed by atoms with E-state index >= 15 is 0 Å². The number of carbonyl (C=O) groups excluding carboxylic acids is 2. The van der Waals surface area contributed by atoms with Gasteiger partial charge in [0.2, 0.25) is 0 Å². The Morgan fingerprint density at radius 3 is 1.24 bits per heavy atom. The number of esters is 2. The lowest BCUT2D eigenvalue weighted by atomic mass is 10.00. The lowest BCUT2D eigenvalue weighted by Crippen LogP contribution is -2.60. The molecule has 12 nitrogen and oxygen atoms in total. The molecule has 13 heteroatoms.